The van der Waals surface area contributed by atoms with Crippen molar-refractivity contribution in [2.75, 3.05) is 7.11 Å². The Balaban J connectivity index is 2.12. The summed E-state index contributed by atoms with van der Waals surface area (Å²) in [5.74, 6) is 0.403. The summed E-state index contributed by atoms with van der Waals surface area (Å²) in [6.07, 6.45) is 0.610. The number of nitrogens with one attached hydrogen (secondary N) is 1. The molecule has 0 aliphatic heterocycles. The Morgan fingerprint density at radius 1 is 1.37 bits per heavy atom. The molecule has 5 nitrogen and oxygen atoms in total. The highest BCUT2D eigenvalue weighted by Gasteiger charge is 2.08. The molecule has 0 saturated carbocycles. The summed E-state index contributed by atoms with van der Waals surface area (Å²) in [5.41, 5.74) is 2.48. The molecule has 0 saturated heterocycles. The molecule has 19 heavy (non-hydrogen) atoms. The van der Waals surface area contributed by atoms with Gasteiger partial charge in [0.15, 0.2) is 0 Å². The van der Waals surface area contributed by atoms with Crippen molar-refractivity contribution in [2.45, 2.75) is 0 Å². The normalized spacial score (nSPS) is 10.6. The van der Waals surface area contributed by atoms with E-state index in [0.717, 1.165) is 0 Å². The van der Waals surface area contributed by atoms with Gasteiger partial charge in [-0.25, -0.2) is 14.6 Å². The van der Waals surface area contributed by atoms with Gasteiger partial charge in [0.05, 0.1) is 18.9 Å². The lowest BCUT2D eigenvalue weighted by Crippen LogP contribution is -2.16. The average molecular weight is 262 g/mol. The number of hydrogen-bond donors (Lipinski definition) is 1. The van der Waals surface area contributed by atoms with Gasteiger partial charge in [-0.15, -0.1) is 0 Å². The van der Waals surface area contributed by atoms with Crippen LogP contribution in [-0.4, -0.2) is 19.4 Å². The van der Waals surface area contributed by atoms with Crippen LogP contribution in [0.5, 0.6) is 0 Å². The van der Waals surface area contributed by atoms with E-state index in [9.17, 15) is 9.18 Å². The topological polar surface area (TPSA) is 63.8 Å². The second-order valence-electron chi connectivity index (χ2n) is 3.54. The summed E-state index contributed by atoms with van der Waals surface area (Å²) in [5, 5.41) is 3.60. The summed E-state index contributed by atoms with van der Waals surface area (Å²) in [6.45, 7) is 0. The zero-order valence-electron chi connectivity index (χ0n) is 10.1. The molecule has 0 aliphatic carbocycles. The molecule has 0 spiro atoms. The number of rotatable bonds is 3. The van der Waals surface area contributed by atoms with Crippen LogP contribution in [0.15, 0.2) is 45.9 Å². The fourth-order valence-corrected chi connectivity index (χ4v) is 1.42. The van der Waals surface area contributed by atoms with E-state index < -0.39 is 6.09 Å². The molecule has 6 heteroatoms. The number of carbonyl (C=O) groups excluding carboxylic acids is 1. The molecular weight excluding hydrogens is 251 g/mol. The predicted molar refractivity (Wildman–Crippen MR) is 67.2 cm³/mol. The quantitative estimate of drug-likeness (QED) is 0.683. The molecule has 1 aromatic carbocycles. The van der Waals surface area contributed by atoms with E-state index in [0.29, 0.717) is 17.1 Å². The van der Waals surface area contributed by atoms with E-state index in [1.54, 1.807) is 30.3 Å². The fraction of sp³-hybridized carbons (Fsp3) is 0.0769. The first-order valence-corrected chi connectivity index (χ1v) is 5.42. The Bertz CT molecular complexity index is 607. The maximum absolute atomic E-state index is 13.5. The summed E-state index contributed by atoms with van der Waals surface area (Å²) in [6, 6.07) is 9.52. The van der Waals surface area contributed by atoms with Crippen LogP contribution in [0.3, 0.4) is 0 Å². The molecule has 1 heterocycles. The van der Waals surface area contributed by atoms with Gasteiger partial charge in [-0.2, -0.15) is 5.10 Å². The van der Waals surface area contributed by atoms with E-state index >= 15 is 0 Å². The molecule has 2 rings (SSSR count). The van der Waals surface area contributed by atoms with Crippen LogP contribution in [0.1, 0.15) is 5.76 Å². The summed E-state index contributed by atoms with van der Waals surface area (Å²) in [7, 11) is 1.23. The van der Waals surface area contributed by atoms with Crippen molar-refractivity contribution in [3.8, 4) is 11.3 Å². The van der Waals surface area contributed by atoms with Gasteiger partial charge in [-0.3, -0.25) is 0 Å². The number of furan rings is 1. The maximum Gasteiger partial charge on any atom is 0.427 e. The third kappa shape index (κ3) is 3.19. The highest BCUT2D eigenvalue weighted by atomic mass is 19.1. The first-order chi connectivity index (χ1) is 9.20. The number of ether oxygens (including phenoxy) is 1. The van der Waals surface area contributed by atoms with Crippen molar-refractivity contribution >= 4 is 12.3 Å². The van der Waals surface area contributed by atoms with E-state index in [1.807, 2.05) is 0 Å². The second-order valence-corrected chi connectivity index (χ2v) is 3.54. The van der Waals surface area contributed by atoms with Crippen molar-refractivity contribution in [1.29, 1.82) is 0 Å². The molecule has 2 aromatic rings. The molecular formula is C13H11FN2O3. The number of amides is 1. The second kappa shape index (κ2) is 5.81. The molecule has 0 fully saturated rings. The van der Waals surface area contributed by atoms with E-state index in [2.05, 4.69) is 15.3 Å². The Morgan fingerprint density at radius 3 is 2.89 bits per heavy atom. The third-order valence-corrected chi connectivity index (χ3v) is 2.30. The largest absolute Gasteiger partial charge is 0.455 e. The van der Waals surface area contributed by atoms with Gasteiger partial charge in [0.2, 0.25) is 0 Å². The maximum atomic E-state index is 13.5. The molecule has 0 aliphatic rings. The van der Waals surface area contributed by atoms with Crippen LogP contribution in [-0.2, 0) is 4.74 Å². The van der Waals surface area contributed by atoms with E-state index in [-0.39, 0.29) is 5.82 Å². The van der Waals surface area contributed by atoms with Crippen molar-refractivity contribution in [1.82, 2.24) is 5.43 Å². The molecule has 0 bridgehead atoms. The number of hydrazone groups is 1. The van der Waals surface area contributed by atoms with Gasteiger partial charge in [0, 0.05) is 0 Å². The van der Waals surface area contributed by atoms with Crippen molar-refractivity contribution in [3.05, 3.63) is 48.0 Å². The summed E-state index contributed by atoms with van der Waals surface area (Å²) >= 11 is 0. The number of halogens is 1. The number of carbonyl (C=O) groups is 1. The van der Waals surface area contributed by atoms with Gasteiger partial charge in [-0.1, -0.05) is 12.1 Å². The molecule has 1 aromatic heterocycles. The highest BCUT2D eigenvalue weighted by Crippen LogP contribution is 2.23. The van der Waals surface area contributed by atoms with Crippen LogP contribution in [0.4, 0.5) is 9.18 Å². The van der Waals surface area contributed by atoms with Crippen LogP contribution in [0.2, 0.25) is 0 Å². The van der Waals surface area contributed by atoms with Crippen molar-refractivity contribution in [2.24, 2.45) is 5.10 Å². The molecule has 98 valence electrons. The van der Waals surface area contributed by atoms with E-state index in [4.69, 9.17) is 4.42 Å². The van der Waals surface area contributed by atoms with Gasteiger partial charge in [0.25, 0.3) is 0 Å². The van der Waals surface area contributed by atoms with Crippen LogP contribution < -0.4 is 5.43 Å². The summed E-state index contributed by atoms with van der Waals surface area (Å²) in [4.78, 5) is 10.7. The number of methoxy groups -OCH3 is 1. The van der Waals surface area contributed by atoms with Gasteiger partial charge < -0.3 is 9.15 Å². The van der Waals surface area contributed by atoms with E-state index in [1.165, 1.54) is 19.4 Å². The molecule has 1 amide bonds. The monoisotopic (exact) mass is 262 g/mol. The first kappa shape index (κ1) is 12.8. The number of benzene rings is 1. The molecule has 0 atom stereocenters. The minimum Gasteiger partial charge on any atom is -0.455 e. The summed E-state index contributed by atoms with van der Waals surface area (Å²) < 4.78 is 23.2. The number of nitrogens with zero attached hydrogens (tertiary/aromatic N) is 1. The third-order valence-electron chi connectivity index (χ3n) is 2.30. The highest BCUT2D eigenvalue weighted by molar-refractivity contribution is 5.79. The standard InChI is InChI=1S/C13H11FN2O3/c1-18-13(17)16-15-8-9-6-7-12(19-9)10-4-2-3-5-11(10)14/h2-8H,1H3,(H,16,17)/b15-8-. The Morgan fingerprint density at radius 2 is 2.16 bits per heavy atom. The molecule has 0 unspecified atom stereocenters. The first-order valence-electron chi connectivity index (χ1n) is 5.42. The Hall–Kier alpha value is -2.63. The van der Waals surface area contributed by atoms with Gasteiger partial charge in [-0.05, 0) is 24.3 Å². The zero-order valence-corrected chi connectivity index (χ0v) is 10.1. The number of hydrogen-bond acceptors (Lipinski definition) is 4. The van der Waals surface area contributed by atoms with Crippen LogP contribution in [0.25, 0.3) is 11.3 Å². The average Bonchev–Trinajstić information content (AvgIpc) is 2.87. The Labute approximate surface area is 108 Å². The minimum atomic E-state index is -0.683. The van der Waals surface area contributed by atoms with Gasteiger partial charge >= 0.3 is 6.09 Å². The molecule has 0 radical (unpaired) electrons. The molecule has 1 N–H and O–H groups in total. The smallest absolute Gasteiger partial charge is 0.427 e. The van der Waals surface area contributed by atoms with Crippen molar-refractivity contribution < 1.29 is 18.3 Å². The lowest BCUT2D eigenvalue weighted by atomic mass is 10.1. The minimum absolute atomic E-state index is 0.364. The predicted octanol–water partition coefficient (Wildman–Crippen LogP) is 2.78. The zero-order chi connectivity index (χ0) is 13.7. The van der Waals surface area contributed by atoms with Crippen molar-refractivity contribution in [3.63, 3.8) is 0 Å². The fourth-order valence-electron chi connectivity index (χ4n) is 1.42. The van der Waals surface area contributed by atoms with Crippen LogP contribution >= 0.6 is 0 Å². The SMILES string of the molecule is COC(=O)N/N=C\c1ccc(-c2ccccc2F)o1. The Kier molecular flexibility index (Phi) is 3.92. The van der Waals surface area contributed by atoms with Crippen LogP contribution in [0, 0.1) is 5.82 Å². The van der Waals surface area contributed by atoms with Gasteiger partial charge in [0.1, 0.15) is 17.3 Å². The lowest BCUT2D eigenvalue weighted by molar-refractivity contribution is 0.171. The lowest BCUT2D eigenvalue weighted by Gasteiger charge is -1.97.